The highest BCUT2D eigenvalue weighted by atomic mass is 35.5. The molecule has 3 heterocycles. The SMILES string of the molecule is CCc1cc2c(N(C)Cc3ccncc3)nc(Cl)nc2s1. The predicted molar refractivity (Wildman–Crippen MR) is 88.1 cm³/mol. The molecule has 3 aromatic rings. The van der Waals surface area contributed by atoms with Crippen molar-refractivity contribution in [1.82, 2.24) is 15.0 Å². The summed E-state index contributed by atoms with van der Waals surface area (Å²) >= 11 is 7.75. The van der Waals surface area contributed by atoms with Gasteiger partial charge in [0.2, 0.25) is 5.28 Å². The molecule has 0 aliphatic heterocycles. The second-order valence-electron chi connectivity index (χ2n) is 4.81. The minimum Gasteiger partial charge on any atom is -0.355 e. The molecule has 108 valence electrons. The Labute approximate surface area is 132 Å². The van der Waals surface area contributed by atoms with E-state index in [2.05, 4.69) is 32.8 Å². The molecule has 3 aromatic heterocycles. The van der Waals surface area contributed by atoms with Crippen molar-refractivity contribution in [3.05, 3.63) is 46.3 Å². The highest BCUT2D eigenvalue weighted by Crippen LogP contribution is 2.32. The summed E-state index contributed by atoms with van der Waals surface area (Å²) in [5.74, 6) is 0.873. The highest BCUT2D eigenvalue weighted by Gasteiger charge is 2.14. The molecule has 0 saturated carbocycles. The standard InChI is InChI=1S/C15H15ClN4S/c1-3-11-8-12-13(18-15(16)19-14(12)21-11)20(2)9-10-4-6-17-7-5-10/h4-8H,3,9H2,1-2H3. The Bertz CT molecular complexity index is 757. The van der Waals surface area contributed by atoms with Gasteiger partial charge in [0.1, 0.15) is 10.6 Å². The van der Waals surface area contributed by atoms with E-state index in [1.165, 1.54) is 10.4 Å². The molecule has 0 fully saturated rings. The van der Waals surface area contributed by atoms with Crippen molar-refractivity contribution in [3.8, 4) is 0 Å². The summed E-state index contributed by atoms with van der Waals surface area (Å²) in [6, 6.07) is 6.16. The van der Waals surface area contributed by atoms with Crippen molar-refractivity contribution in [2.24, 2.45) is 0 Å². The fourth-order valence-electron chi connectivity index (χ4n) is 2.23. The Balaban J connectivity index is 2.00. The van der Waals surface area contributed by atoms with E-state index >= 15 is 0 Å². The second kappa shape index (κ2) is 5.95. The summed E-state index contributed by atoms with van der Waals surface area (Å²) in [5.41, 5.74) is 1.18. The zero-order valence-electron chi connectivity index (χ0n) is 11.9. The molecular weight excluding hydrogens is 304 g/mol. The third-order valence-electron chi connectivity index (χ3n) is 3.28. The summed E-state index contributed by atoms with van der Waals surface area (Å²) in [4.78, 5) is 17.1. The molecule has 0 amide bonds. The van der Waals surface area contributed by atoms with Crippen LogP contribution < -0.4 is 4.90 Å². The molecule has 0 saturated heterocycles. The molecule has 4 nitrogen and oxygen atoms in total. The maximum atomic E-state index is 6.07. The van der Waals surface area contributed by atoms with Crippen LogP contribution in [0.5, 0.6) is 0 Å². The summed E-state index contributed by atoms with van der Waals surface area (Å²) in [6.45, 7) is 2.89. The van der Waals surface area contributed by atoms with Gasteiger partial charge in [-0.3, -0.25) is 4.98 Å². The van der Waals surface area contributed by atoms with E-state index in [-0.39, 0.29) is 0 Å². The Morgan fingerprint density at radius 3 is 2.71 bits per heavy atom. The first-order valence-electron chi connectivity index (χ1n) is 6.73. The number of rotatable bonds is 4. The Morgan fingerprint density at radius 2 is 2.00 bits per heavy atom. The van der Waals surface area contributed by atoms with Crippen LogP contribution in [0.2, 0.25) is 5.28 Å². The fourth-order valence-corrected chi connectivity index (χ4v) is 3.41. The normalized spacial score (nSPS) is 11.0. The third-order valence-corrected chi connectivity index (χ3v) is 4.62. The van der Waals surface area contributed by atoms with E-state index < -0.39 is 0 Å². The maximum Gasteiger partial charge on any atom is 0.225 e. The van der Waals surface area contributed by atoms with Gasteiger partial charge in [-0.25, -0.2) is 4.98 Å². The first kappa shape index (κ1) is 14.2. The molecule has 0 aliphatic carbocycles. The van der Waals surface area contributed by atoms with Crippen molar-refractivity contribution in [3.63, 3.8) is 0 Å². The van der Waals surface area contributed by atoms with E-state index in [0.29, 0.717) is 5.28 Å². The molecule has 0 bridgehead atoms. The molecular formula is C15H15ClN4S. The van der Waals surface area contributed by atoms with Crippen LogP contribution in [0.1, 0.15) is 17.4 Å². The number of aryl methyl sites for hydroxylation is 1. The third kappa shape index (κ3) is 2.99. The zero-order chi connectivity index (χ0) is 14.8. The largest absolute Gasteiger partial charge is 0.355 e. The number of halogens is 1. The Hall–Kier alpha value is -1.72. The molecule has 0 unspecified atom stereocenters. The van der Waals surface area contributed by atoms with Crippen molar-refractivity contribution < 1.29 is 0 Å². The number of nitrogens with zero attached hydrogens (tertiary/aromatic N) is 4. The molecule has 0 spiro atoms. The lowest BCUT2D eigenvalue weighted by molar-refractivity contribution is 0.898. The molecule has 6 heteroatoms. The van der Waals surface area contributed by atoms with Crippen LogP contribution >= 0.6 is 22.9 Å². The molecule has 0 aromatic carbocycles. The quantitative estimate of drug-likeness (QED) is 0.683. The topological polar surface area (TPSA) is 41.9 Å². The zero-order valence-corrected chi connectivity index (χ0v) is 13.4. The van der Waals surface area contributed by atoms with Gasteiger partial charge in [-0.05, 0) is 41.8 Å². The van der Waals surface area contributed by atoms with Crippen LogP contribution in [0.25, 0.3) is 10.2 Å². The monoisotopic (exact) mass is 318 g/mol. The lowest BCUT2D eigenvalue weighted by atomic mass is 10.2. The Morgan fingerprint density at radius 1 is 1.24 bits per heavy atom. The van der Waals surface area contributed by atoms with E-state index in [1.807, 2.05) is 19.2 Å². The minimum atomic E-state index is 0.295. The summed E-state index contributed by atoms with van der Waals surface area (Å²) in [7, 11) is 2.02. The lowest BCUT2D eigenvalue weighted by Crippen LogP contribution is -2.18. The smallest absolute Gasteiger partial charge is 0.225 e. The van der Waals surface area contributed by atoms with E-state index in [0.717, 1.165) is 29.0 Å². The molecule has 0 N–H and O–H groups in total. The summed E-state index contributed by atoms with van der Waals surface area (Å²) < 4.78 is 0. The number of pyridine rings is 1. The fraction of sp³-hybridized carbons (Fsp3) is 0.267. The van der Waals surface area contributed by atoms with Crippen LogP contribution in [-0.2, 0) is 13.0 Å². The van der Waals surface area contributed by atoms with Gasteiger partial charge < -0.3 is 4.90 Å². The van der Waals surface area contributed by atoms with Crippen LogP contribution in [0.4, 0.5) is 5.82 Å². The molecule has 3 rings (SSSR count). The van der Waals surface area contributed by atoms with Crippen molar-refractivity contribution in [1.29, 1.82) is 0 Å². The molecule has 0 radical (unpaired) electrons. The molecule has 0 aliphatic rings. The van der Waals surface area contributed by atoms with Gasteiger partial charge in [-0.15, -0.1) is 11.3 Å². The van der Waals surface area contributed by atoms with Crippen LogP contribution in [0, 0.1) is 0 Å². The van der Waals surface area contributed by atoms with Gasteiger partial charge in [0.15, 0.2) is 0 Å². The van der Waals surface area contributed by atoms with Crippen LogP contribution in [0.15, 0.2) is 30.6 Å². The number of hydrogen-bond acceptors (Lipinski definition) is 5. The van der Waals surface area contributed by atoms with Gasteiger partial charge in [-0.2, -0.15) is 4.98 Å². The maximum absolute atomic E-state index is 6.07. The first-order chi connectivity index (χ1) is 10.2. The molecule has 0 atom stereocenters. The number of hydrogen-bond donors (Lipinski definition) is 0. The van der Waals surface area contributed by atoms with Gasteiger partial charge in [0.05, 0.1) is 5.39 Å². The van der Waals surface area contributed by atoms with Gasteiger partial charge in [0.25, 0.3) is 0 Å². The first-order valence-corrected chi connectivity index (χ1v) is 7.93. The summed E-state index contributed by atoms with van der Waals surface area (Å²) in [5, 5.41) is 1.36. The molecule has 21 heavy (non-hydrogen) atoms. The number of thiophene rings is 1. The van der Waals surface area contributed by atoms with Gasteiger partial charge in [0, 0.05) is 30.9 Å². The van der Waals surface area contributed by atoms with Crippen molar-refractivity contribution in [2.45, 2.75) is 19.9 Å². The average molecular weight is 319 g/mol. The van der Waals surface area contributed by atoms with Crippen LogP contribution in [-0.4, -0.2) is 22.0 Å². The predicted octanol–water partition coefficient (Wildman–Crippen LogP) is 3.94. The Kier molecular flexibility index (Phi) is 4.03. The average Bonchev–Trinajstić information content (AvgIpc) is 2.90. The number of aromatic nitrogens is 3. The van der Waals surface area contributed by atoms with Crippen molar-refractivity contribution >= 4 is 39.0 Å². The van der Waals surface area contributed by atoms with Crippen LogP contribution in [0.3, 0.4) is 0 Å². The summed E-state index contributed by atoms with van der Waals surface area (Å²) in [6.07, 6.45) is 4.59. The van der Waals surface area contributed by atoms with E-state index in [9.17, 15) is 0 Å². The van der Waals surface area contributed by atoms with Crippen molar-refractivity contribution in [2.75, 3.05) is 11.9 Å². The van der Waals surface area contributed by atoms with E-state index in [1.54, 1.807) is 23.7 Å². The van der Waals surface area contributed by atoms with E-state index in [4.69, 9.17) is 11.6 Å². The van der Waals surface area contributed by atoms with Gasteiger partial charge >= 0.3 is 0 Å². The second-order valence-corrected chi connectivity index (χ2v) is 6.27. The number of anilines is 1. The van der Waals surface area contributed by atoms with Gasteiger partial charge in [-0.1, -0.05) is 6.92 Å². The number of fused-ring (bicyclic) bond motifs is 1. The highest BCUT2D eigenvalue weighted by molar-refractivity contribution is 7.18. The lowest BCUT2D eigenvalue weighted by Gasteiger charge is -2.19. The minimum absolute atomic E-state index is 0.295.